The lowest BCUT2D eigenvalue weighted by Crippen LogP contribution is -2.24. The van der Waals surface area contributed by atoms with Gasteiger partial charge >= 0.3 is 0 Å². The first kappa shape index (κ1) is 14.0. The van der Waals surface area contributed by atoms with Gasteiger partial charge in [-0.05, 0) is 37.6 Å². The van der Waals surface area contributed by atoms with Crippen LogP contribution in [0, 0.1) is 5.41 Å². The van der Waals surface area contributed by atoms with Gasteiger partial charge in [-0.15, -0.1) is 0 Å². The molecule has 1 saturated carbocycles. The van der Waals surface area contributed by atoms with E-state index in [0.717, 1.165) is 5.41 Å². The lowest BCUT2D eigenvalue weighted by atomic mass is 10.0. The molecule has 0 aliphatic heterocycles. The maximum absolute atomic E-state index is 3.66. The van der Waals surface area contributed by atoms with Gasteiger partial charge in [0, 0.05) is 6.54 Å². The summed E-state index contributed by atoms with van der Waals surface area (Å²) in [5.74, 6) is 0. The van der Waals surface area contributed by atoms with Crippen LogP contribution < -0.4 is 5.32 Å². The largest absolute Gasteiger partial charge is 0.316 e. The van der Waals surface area contributed by atoms with E-state index in [4.69, 9.17) is 0 Å². The molecule has 0 bridgehead atoms. The Kier molecular flexibility index (Phi) is 7.11. The molecule has 1 fully saturated rings. The smallest absolute Gasteiger partial charge is 0.000781 e. The van der Waals surface area contributed by atoms with E-state index in [2.05, 4.69) is 19.2 Å². The molecule has 1 nitrogen and oxygen atoms in total. The predicted molar refractivity (Wildman–Crippen MR) is 72.8 cm³/mol. The van der Waals surface area contributed by atoms with Crippen LogP contribution in [0.5, 0.6) is 0 Å². The van der Waals surface area contributed by atoms with Crippen molar-refractivity contribution in [1.29, 1.82) is 0 Å². The Bertz CT molecular complexity index is 161. The highest BCUT2D eigenvalue weighted by molar-refractivity contribution is 4.94. The average molecular weight is 225 g/mol. The third-order valence-electron chi connectivity index (χ3n) is 3.94. The summed E-state index contributed by atoms with van der Waals surface area (Å²) in [5, 5.41) is 3.66. The Hall–Kier alpha value is -0.0400. The van der Waals surface area contributed by atoms with Crippen LogP contribution in [-0.4, -0.2) is 13.1 Å². The minimum Gasteiger partial charge on any atom is -0.316 e. The first-order chi connectivity index (χ1) is 7.83. The maximum Gasteiger partial charge on any atom is 0.000781 e. The van der Waals surface area contributed by atoms with Gasteiger partial charge in [0.15, 0.2) is 0 Å². The molecule has 0 atom stereocenters. The Morgan fingerprint density at radius 3 is 2.19 bits per heavy atom. The molecule has 1 N–H and O–H groups in total. The normalized spacial score (nSPS) is 17.6. The van der Waals surface area contributed by atoms with Gasteiger partial charge in [0.1, 0.15) is 0 Å². The van der Waals surface area contributed by atoms with Crippen LogP contribution in [-0.2, 0) is 0 Å². The Labute approximate surface area is 102 Å². The van der Waals surface area contributed by atoms with Crippen molar-refractivity contribution in [3.63, 3.8) is 0 Å². The number of nitrogens with one attached hydrogen (secondary N) is 1. The van der Waals surface area contributed by atoms with Crippen molar-refractivity contribution in [2.45, 2.75) is 78.1 Å². The van der Waals surface area contributed by atoms with Gasteiger partial charge < -0.3 is 5.32 Å². The summed E-state index contributed by atoms with van der Waals surface area (Å²) >= 11 is 0. The molecule has 1 aliphatic rings. The molecule has 0 amide bonds. The van der Waals surface area contributed by atoms with Crippen molar-refractivity contribution < 1.29 is 0 Å². The highest BCUT2D eigenvalue weighted by Crippen LogP contribution is 2.48. The Balaban J connectivity index is 1.81. The molecule has 16 heavy (non-hydrogen) atoms. The van der Waals surface area contributed by atoms with Crippen LogP contribution in [0.3, 0.4) is 0 Å². The fourth-order valence-corrected chi connectivity index (χ4v) is 2.61. The highest BCUT2D eigenvalue weighted by atomic mass is 14.9. The SMILES string of the molecule is CCCCCCCCNCC1(CCC)CC1. The zero-order chi connectivity index (χ0) is 11.7. The van der Waals surface area contributed by atoms with E-state index in [0.29, 0.717) is 0 Å². The fourth-order valence-electron chi connectivity index (χ4n) is 2.61. The summed E-state index contributed by atoms with van der Waals surface area (Å²) in [6.07, 6.45) is 14.2. The van der Waals surface area contributed by atoms with E-state index in [1.807, 2.05) is 0 Å². The minimum absolute atomic E-state index is 0.733. The molecule has 1 heteroatoms. The summed E-state index contributed by atoms with van der Waals surface area (Å²) in [4.78, 5) is 0. The van der Waals surface area contributed by atoms with Crippen molar-refractivity contribution >= 4 is 0 Å². The fraction of sp³-hybridized carbons (Fsp3) is 1.00. The van der Waals surface area contributed by atoms with Gasteiger partial charge in [-0.3, -0.25) is 0 Å². The zero-order valence-electron chi connectivity index (χ0n) is 11.5. The molecule has 0 saturated heterocycles. The number of hydrogen-bond donors (Lipinski definition) is 1. The van der Waals surface area contributed by atoms with Crippen molar-refractivity contribution in [2.24, 2.45) is 5.41 Å². The molecule has 1 aliphatic carbocycles. The monoisotopic (exact) mass is 225 g/mol. The van der Waals surface area contributed by atoms with Gasteiger partial charge in [0.2, 0.25) is 0 Å². The summed E-state index contributed by atoms with van der Waals surface area (Å²) in [6, 6.07) is 0. The zero-order valence-corrected chi connectivity index (χ0v) is 11.5. The first-order valence-electron chi connectivity index (χ1n) is 7.54. The van der Waals surface area contributed by atoms with E-state index >= 15 is 0 Å². The van der Waals surface area contributed by atoms with Crippen LogP contribution in [0.4, 0.5) is 0 Å². The predicted octanol–water partition coefficient (Wildman–Crippen LogP) is 4.52. The van der Waals surface area contributed by atoms with E-state index in [9.17, 15) is 0 Å². The average Bonchev–Trinajstić information content (AvgIpc) is 3.03. The second-order valence-electron chi connectivity index (χ2n) is 5.69. The molecule has 0 aromatic heterocycles. The van der Waals surface area contributed by atoms with Gasteiger partial charge in [0.05, 0.1) is 0 Å². The highest BCUT2D eigenvalue weighted by Gasteiger charge is 2.40. The topological polar surface area (TPSA) is 12.0 Å². The third kappa shape index (κ3) is 5.89. The van der Waals surface area contributed by atoms with Crippen molar-refractivity contribution in [3.8, 4) is 0 Å². The van der Waals surface area contributed by atoms with E-state index in [-0.39, 0.29) is 0 Å². The quantitative estimate of drug-likeness (QED) is 0.510. The lowest BCUT2D eigenvalue weighted by Gasteiger charge is -2.14. The molecular formula is C15H31N. The minimum atomic E-state index is 0.733. The summed E-state index contributed by atoms with van der Waals surface area (Å²) in [7, 11) is 0. The summed E-state index contributed by atoms with van der Waals surface area (Å²) in [5.41, 5.74) is 0.733. The van der Waals surface area contributed by atoms with E-state index in [1.165, 1.54) is 77.3 Å². The van der Waals surface area contributed by atoms with Crippen LogP contribution >= 0.6 is 0 Å². The molecule has 0 heterocycles. The Morgan fingerprint density at radius 1 is 0.875 bits per heavy atom. The molecular weight excluding hydrogens is 194 g/mol. The molecule has 0 aromatic carbocycles. The summed E-state index contributed by atoms with van der Waals surface area (Å²) < 4.78 is 0. The second kappa shape index (κ2) is 8.11. The maximum atomic E-state index is 3.66. The number of rotatable bonds is 11. The number of unbranched alkanes of at least 4 members (excludes halogenated alkanes) is 5. The summed E-state index contributed by atoms with van der Waals surface area (Å²) in [6.45, 7) is 7.13. The van der Waals surface area contributed by atoms with Gasteiger partial charge in [-0.1, -0.05) is 52.4 Å². The van der Waals surface area contributed by atoms with Crippen LogP contribution in [0.25, 0.3) is 0 Å². The lowest BCUT2D eigenvalue weighted by molar-refractivity contribution is 0.417. The Morgan fingerprint density at radius 2 is 1.56 bits per heavy atom. The van der Waals surface area contributed by atoms with Crippen molar-refractivity contribution in [1.82, 2.24) is 5.32 Å². The van der Waals surface area contributed by atoms with Crippen LogP contribution in [0.1, 0.15) is 78.1 Å². The molecule has 0 spiro atoms. The van der Waals surface area contributed by atoms with Crippen molar-refractivity contribution in [2.75, 3.05) is 13.1 Å². The standard InChI is InChI=1S/C15H31N/c1-3-5-6-7-8-9-13-16-14-15(10-4-2)11-12-15/h16H,3-14H2,1-2H3. The second-order valence-corrected chi connectivity index (χ2v) is 5.69. The first-order valence-corrected chi connectivity index (χ1v) is 7.54. The van der Waals surface area contributed by atoms with Gasteiger partial charge in [-0.2, -0.15) is 0 Å². The van der Waals surface area contributed by atoms with Crippen LogP contribution in [0.2, 0.25) is 0 Å². The van der Waals surface area contributed by atoms with E-state index in [1.54, 1.807) is 0 Å². The van der Waals surface area contributed by atoms with Gasteiger partial charge in [0.25, 0.3) is 0 Å². The van der Waals surface area contributed by atoms with Crippen molar-refractivity contribution in [3.05, 3.63) is 0 Å². The van der Waals surface area contributed by atoms with Gasteiger partial charge in [-0.25, -0.2) is 0 Å². The number of hydrogen-bond acceptors (Lipinski definition) is 1. The molecule has 0 unspecified atom stereocenters. The van der Waals surface area contributed by atoms with E-state index < -0.39 is 0 Å². The molecule has 0 radical (unpaired) electrons. The van der Waals surface area contributed by atoms with Crippen LogP contribution in [0.15, 0.2) is 0 Å². The molecule has 1 rings (SSSR count). The molecule has 96 valence electrons. The molecule has 0 aromatic rings. The third-order valence-corrected chi connectivity index (χ3v) is 3.94.